The predicted molar refractivity (Wildman–Crippen MR) is 107 cm³/mol. The van der Waals surface area contributed by atoms with E-state index in [1.807, 2.05) is 19.2 Å². The van der Waals surface area contributed by atoms with Crippen molar-refractivity contribution in [3.05, 3.63) is 35.6 Å². The minimum Gasteiger partial charge on any atom is -0.344 e. The van der Waals surface area contributed by atoms with Crippen LogP contribution in [0, 0.1) is 11.7 Å². The largest absolute Gasteiger partial charge is 0.344 e. The van der Waals surface area contributed by atoms with Crippen molar-refractivity contribution in [2.45, 2.75) is 38.5 Å². The van der Waals surface area contributed by atoms with E-state index in [2.05, 4.69) is 4.90 Å². The van der Waals surface area contributed by atoms with Gasteiger partial charge in [0, 0.05) is 39.6 Å². The molecule has 6 heteroatoms. The zero-order valence-electron chi connectivity index (χ0n) is 16.9. The fourth-order valence-corrected chi connectivity index (χ4v) is 4.29. The Bertz CT molecular complexity index is 682. The van der Waals surface area contributed by atoms with Gasteiger partial charge in [0.1, 0.15) is 5.82 Å². The zero-order valence-corrected chi connectivity index (χ0v) is 16.9. The molecule has 2 amide bonds. The minimum absolute atomic E-state index is 0.0266. The topological polar surface area (TPSA) is 43.9 Å². The lowest BCUT2D eigenvalue weighted by Crippen LogP contribution is -2.46. The van der Waals surface area contributed by atoms with Gasteiger partial charge >= 0.3 is 0 Å². The van der Waals surface area contributed by atoms with Crippen molar-refractivity contribution in [1.29, 1.82) is 0 Å². The normalized spacial score (nSPS) is 21.0. The number of hydrogen-bond acceptors (Lipinski definition) is 3. The first kappa shape index (κ1) is 20.8. The van der Waals surface area contributed by atoms with Crippen LogP contribution in [-0.2, 0) is 16.0 Å². The molecule has 0 aromatic heterocycles. The van der Waals surface area contributed by atoms with E-state index in [4.69, 9.17) is 0 Å². The van der Waals surface area contributed by atoms with Crippen molar-refractivity contribution >= 4 is 11.8 Å². The number of piperidine rings is 2. The number of carbonyl (C=O) groups excluding carboxylic acids is 2. The van der Waals surface area contributed by atoms with Crippen LogP contribution in [0.25, 0.3) is 0 Å². The molecular formula is C22H32FN3O2. The molecule has 3 rings (SSSR count). The molecule has 1 aromatic rings. The Labute approximate surface area is 167 Å². The van der Waals surface area contributed by atoms with E-state index in [0.29, 0.717) is 25.3 Å². The molecule has 0 radical (unpaired) electrons. The third-order valence-corrected chi connectivity index (χ3v) is 5.96. The summed E-state index contributed by atoms with van der Waals surface area (Å²) in [5.74, 6) is 0.428. The maximum Gasteiger partial charge on any atom is 0.241 e. The van der Waals surface area contributed by atoms with Gasteiger partial charge in [-0.1, -0.05) is 18.2 Å². The second kappa shape index (κ2) is 10.0. The number of hydrogen-bond donors (Lipinski definition) is 0. The van der Waals surface area contributed by atoms with Crippen molar-refractivity contribution < 1.29 is 14.0 Å². The Morgan fingerprint density at radius 3 is 2.82 bits per heavy atom. The van der Waals surface area contributed by atoms with Crippen LogP contribution in [0.3, 0.4) is 0 Å². The average molecular weight is 390 g/mol. The van der Waals surface area contributed by atoms with Gasteiger partial charge in [0.2, 0.25) is 11.8 Å². The van der Waals surface area contributed by atoms with Gasteiger partial charge in [0.05, 0.1) is 6.54 Å². The van der Waals surface area contributed by atoms with Gasteiger partial charge in [-0.05, 0) is 56.2 Å². The number of nitrogens with zero attached hydrogens (tertiary/aromatic N) is 3. The van der Waals surface area contributed by atoms with E-state index in [0.717, 1.165) is 57.4 Å². The van der Waals surface area contributed by atoms with E-state index < -0.39 is 0 Å². The second-order valence-corrected chi connectivity index (χ2v) is 8.20. The average Bonchev–Trinajstić information content (AvgIpc) is 2.69. The summed E-state index contributed by atoms with van der Waals surface area (Å²) in [6, 6.07) is 6.97. The van der Waals surface area contributed by atoms with Gasteiger partial charge in [-0.2, -0.15) is 0 Å². The van der Waals surface area contributed by atoms with Gasteiger partial charge in [-0.15, -0.1) is 0 Å². The molecule has 28 heavy (non-hydrogen) atoms. The molecule has 1 aromatic carbocycles. The maximum atomic E-state index is 13.8. The van der Waals surface area contributed by atoms with Crippen LogP contribution < -0.4 is 0 Å². The standard InChI is InChI=1S/C22H32FN3O2/c1-24(22(28)17-26-13-5-4-10-21(26)27)15-18-7-6-12-25(16-18)14-11-19-8-2-3-9-20(19)23/h2-3,8-9,18H,4-7,10-17H2,1H3/t18-/m1/s1. The monoisotopic (exact) mass is 389 g/mol. The number of rotatable bonds is 7. The lowest BCUT2D eigenvalue weighted by molar-refractivity contribution is -0.141. The summed E-state index contributed by atoms with van der Waals surface area (Å²) in [7, 11) is 1.84. The summed E-state index contributed by atoms with van der Waals surface area (Å²) >= 11 is 0. The lowest BCUT2D eigenvalue weighted by Gasteiger charge is -2.35. The van der Waals surface area contributed by atoms with Crippen molar-refractivity contribution in [2.75, 3.05) is 46.3 Å². The number of amides is 2. The first-order valence-corrected chi connectivity index (χ1v) is 10.5. The van der Waals surface area contributed by atoms with Crippen LogP contribution in [0.1, 0.15) is 37.7 Å². The molecular weight excluding hydrogens is 357 g/mol. The van der Waals surface area contributed by atoms with E-state index >= 15 is 0 Å². The summed E-state index contributed by atoms with van der Waals surface area (Å²) in [5, 5.41) is 0. The SMILES string of the molecule is CN(C[C@H]1CCCN(CCc2ccccc2F)C1)C(=O)CN1CCCCC1=O. The number of carbonyl (C=O) groups is 2. The fourth-order valence-electron chi connectivity index (χ4n) is 4.29. The number of likely N-dealkylation sites (tertiary alicyclic amines) is 2. The molecule has 2 aliphatic heterocycles. The number of benzene rings is 1. The van der Waals surface area contributed by atoms with Gasteiger partial charge < -0.3 is 14.7 Å². The summed E-state index contributed by atoms with van der Waals surface area (Å²) < 4.78 is 13.8. The van der Waals surface area contributed by atoms with Crippen LogP contribution in [0.4, 0.5) is 4.39 Å². The molecule has 0 spiro atoms. The highest BCUT2D eigenvalue weighted by atomic mass is 19.1. The van der Waals surface area contributed by atoms with Gasteiger partial charge in [0.15, 0.2) is 0 Å². The van der Waals surface area contributed by atoms with Gasteiger partial charge in [-0.3, -0.25) is 9.59 Å². The summed E-state index contributed by atoms with van der Waals surface area (Å²) in [5.41, 5.74) is 0.767. The van der Waals surface area contributed by atoms with Crippen molar-refractivity contribution in [1.82, 2.24) is 14.7 Å². The quantitative estimate of drug-likeness (QED) is 0.720. The van der Waals surface area contributed by atoms with Crippen LogP contribution in [-0.4, -0.2) is 72.8 Å². The summed E-state index contributed by atoms with van der Waals surface area (Å²) in [6.45, 7) is 4.44. The Kier molecular flexibility index (Phi) is 7.43. The second-order valence-electron chi connectivity index (χ2n) is 8.20. The van der Waals surface area contributed by atoms with Crippen molar-refractivity contribution in [3.63, 3.8) is 0 Å². The molecule has 5 nitrogen and oxygen atoms in total. The third kappa shape index (κ3) is 5.77. The zero-order chi connectivity index (χ0) is 19.9. The Morgan fingerprint density at radius 2 is 2.04 bits per heavy atom. The Hall–Kier alpha value is -1.95. The molecule has 0 saturated carbocycles. The van der Waals surface area contributed by atoms with Crippen molar-refractivity contribution in [2.24, 2.45) is 5.92 Å². The fraction of sp³-hybridized carbons (Fsp3) is 0.636. The first-order valence-electron chi connectivity index (χ1n) is 10.5. The van der Waals surface area contributed by atoms with E-state index in [1.165, 1.54) is 6.07 Å². The van der Waals surface area contributed by atoms with E-state index in [-0.39, 0.29) is 24.2 Å². The van der Waals surface area contributed by atoms with Gasteiger partial charge in [0.25, 0.3) is 0 Å². The molecule has 1 atom stereocenters. The molecule has 0 aliphatic carbocycles. The Morgan fingerprint density at radius 1 is 1.21 bits per heavy atom. The van der Waals surface area contributed by atoms with Crippen LogP contribution >= 0.6 is 0 Å². The maximum absolute atomic E-state index is 13.8. The van der Waals surface area contributed by atoms with Gasteiger partial charge in [-0.25, -0.2) is 4.39 Å². The molecule has 2 aliphatic rings. The number of likely N-dealkylation sites (N-methyl/N-ethyl adjacent to an activating group) is 1. The highest BCUT2D eigenvalue weighted by Crippen LogP contribution is 2.19. The molecule has 0 bridgehead atoms. The third-order valence-electron chi connectivity index (χ3n) is 5.96. The summed E-state index contributed by atoms with van der Waals surface area (Å²) in [6.07, 6.45) is 5.42. The van der Waals surface area contributed by atoms with E-state index in [1.54, 1.807) is 15.9 Å². The summed E-state index contributed by atoms with van der Waals surface area (Å²) in [4.78, 5) is 30.3. The first-order chi connectivity index (χ1) is 13.5. The van der Waals surface area contributed by atoms with E-state index in [9.17, 15) is 14.0 Å². The van der Waals surface area contributed by atoms with Crippen LogP contribution in [0.5, 0.6) is 0 Å². The highest BCUT2D eigenvalue weighted by Gasteiger charge is 2.25. The smallest absolute Gasteiger partial charge is 0.241 e. The highest BCUT2D eigenvalue weighted by molar-refractivity contribution is 5.85. The van der Waals surface area contributed by atoms with Crippen molar-refractivity contribution in [3.8, 4) is 0 Å². The molecule has 154 valence electrons. The molecule has 0 N–H and O–H groups in total. The molecule has 0 unspecified atom stereocenters. The molecule has 2 saturated heterocycles. The lowest BCUT2D eigenvalue weighted by atomic mass is 9.97. The minimum atomic E-state index is -0.131. The number of halogens is 1. The van der Waals surface area contributed by atoms with Crippen LogP contribution in [0.2, 0.25) is 0 Å². The predicted octanol–water partition coefficient (Wildman–Crippen LogP) is 2.55. The Balaban J connectivity index is 1.44. The van der Waals surface area contributed by atoms with Crippen LogP contribution in [0.15, 0.2) is 24.3 Å². The molecule has 2 fully saturated rings. The molecule has 2 heterocycles.